The highest BCUT2D eigenvalue weighted by molar-refractivity contribution is 5.91. The van der Waals surface area contributed by atoms with Crippen molar-refractivity contribution in [1.82, 2.24) is 0 Å². The first-order chi connectivity index (χ1) is 25.5. The van der Waals surface area contributed by atoms with Gasteiger partial charge in [0.1, 0.15) is 0 Å². The van der Waals surface area contributed by atoms with Crippen LogP contribution in [0.15, 0.2) is 200 Å². The van der Waals surface area contributed by atoms with Crippen LogP contribution in [0.5, 0.6) is 0 Å². The molecule has 0 bridgehead atoms. The van der Waals surface area contributed by atoms with E-state index in [4.69, 9.17) is 0 Å². The van der Waals surface area contributed by atoms with E-state index in [1.165, 1.54) is 66.8 Å². The summed E-state index contributed by atoms with van der Waals surface area (Å²) in [6.45, 7) is 4.71. The van der Waals surface area contributed by atoms with Crippen LogP contribution in [-0.2, 0) is 5.41 Å². The third-order valence-corrected chi connectivity index (χ3v) is 10.7. The molecule has 8 aromatic rings. The van der Waals surface area contributed by atoms with Crippen LogP contribution in [0, 0.1) is 0 Å². The minimum atomic E-state index is -0.104. The first-order valence-corrected chi connectivity index (χ1v) is 18.1. The van der Waals surface area contributed by atoms with E-state index >= 15 is 0 Å². The second kappa shape index (κ2) is 13.0. The molecule has 0 atom stereocenters. The Morgan fingerprint density at radius 2 is 0.769 bits per heavy atom. The van der Waals surface area contributed by atoms with Gasteiger partial charge in [-0.25, -0.2) is 0 Å². The fourth-order valence-electron chi connectivity index (χ4n) is 7.99. The fraction of sp³-hybridized carbons (Fsp3) is 0.0588. The van der Waals surface area contributed by atoms with Gasteiger partial charge in [0.05, 0.1) is 0 Å². The lowest BCUT2D eigenvalue weighted by molar-refractivity contribution is 0.660. The molecular weight excluding hydrogens is 627 g/mol. The largest absolute Gasteiger partial charge is 0.310 e. The third kappa shape index (κ3) is 5.61. The molecule has 0 spiro atoms. The highest BCUT2D eigenvalue weighted by Gasteiger charge is 2.35. The van der Waals surface area contributed by atoms with E-state index < -0.39 is 0 Å². The molecule has 8 aromatic carbocycles. The molecule has 0 N–H and O–H groups in total. The molecule has 0 aliphatic heterocycles. The zero-order chi connectivity index (χ0) is 35.1. The van der Waals surface area contributed by atoms with Gasteiger partial charge >= 0.3 is 0 Å². The van der Waals surface area contributed by atoms with Crippen LogP contribution < -0.4 is 4.90 Å². The smallest absolute Gasteiger partial charge is 0.0468 e. The van der Waals surface area contributed by atoms with Gasteiger partial charge < -0.3 is 4.90 Å². The van der Waals surface area contributed by atoms with Gasteiger partial charge in [-0.3, -0.25) is 0 Å². The highest BCUT2D eigenvalue weighted by Crippen LogP contribution is 2.51. The molecule has 9 rings (SSSR count). The molecule has 0 fully saturated rings. The average molecular weight is 666 g/mol. The molecular formula is C51H39N. The van der Waals surface area contributed by atoms with Crippen molar-refractivity contribution >= 4 is 17.1 Å². The number of hydrogen-bond acceptors (Lipinski definition) is 1. The molecule has 248 valence electrons. The van der Waals surface area contributed by atoms with Gasteiger partial charge in [0.15, 0.2) is 0 Å². The van der Waals surface area contributed by atoms with Crippen molar-refractivity contribution in [2.75, 3.05) is 4.90 Å². The second-order valence-corrected chi connectivity index (χ2v) is 14.2. The predicted octanol–water partition coefficient (Wildman–Crippen LogP) is 14.1. The maximum atomic E-state index is 2.42. The molecule has 0 saturated carbocycles. The van der Waals surface area contributed by atoms with Crippen LogP contribution in [0.4, 0.5) is 17.1 Å². The van der Waals surface area contributed by atoms with Crippen molar-refractivity contribution < 1.29 is 0 Å². The normalized spacial score (nSPS) is 12.6. The minimum absolute atomic E-state index is 0.104. The van der Waals surface area contributed by atoms with E-state index in [2.05, 4.69) is 219 Å². The molecule has 0 amide bonds. The van der Waals surface area contributed by atoms with Crippen molar-refractivity contribution in [1.29, 1.82) is 0 Å². The molecule has 0 unspecified atom stereocenters. The SMILES string of the molecule is CC1(C)c2ccccc2-c2ccc(N(c3ccc(-c4ccccc4)cc3)c3ccc(-c4cccc(-c5ccccc5)c4)c(-c4ccccc4)c3)cc21. The monoisotopic (exact) mass is 665 g/mol. The fourth-order valence-corrected chi connectivity index (χ4v) is 7.99. The van der Waals surface area contributed by atoms with E-state index in [-0.39, 0.29) is 5.41 Å². The number of hydrogen-bond donors (Lipinski definition) is 0. The summed E-state index contributed by atoms with van der Waals surface area (Å²) in [5, 5.41) is 0. The Morgan fingerprint density at radius 1 is 0.288 bits per heavy atom. The Hall–Kier alpha value is -6.44. The molecule has 0 heterocycles. The highest BCUT2D eigenvalue weighted by atomic mass is 15.1. The Labute approximate surface area is 307 Å². The summed E-state index contributed by atoms with van der Waals surface area (Å²) in [5.41, 5.74) is 18.3. The van der Waals surface area contributed by atoms with Crippen LogP contribution in [0.25, 0.3) is 55.6 Å². The summed E-state index contributed by atoms with van der Waals surface area (Å²) in [4.78, 5) is 2.42. The summed E-state index contributed by atoms with van der Waals surface area (Å²) in [5.74, 6) is 0. The van der Waals surface area contributed by atoms with Crippen molar-refractivity contribution in [2.45, 2.75) is 19.3 Å². The van der Waals surface area contributed by atoms with Crippen molar-refractivity contribution in [2.24, 2.45) is 0 Å². The van der Waals surface area contributed by atoms with Crippen LogP contribution in [0.1, 0.15) is 25.0 Å². The van der Waals surface area contributed by atoms with Crippen LogP contribution >= 0.6 is 0 Å². The van der Waals surface area contributed by atoms with Crippen LogP contribution in [0.3, 0.4) is 0 Å². The lowest BCUT2D eigenvalue weighted by Crippen LogP contribution is -2.16. The van der Waals surface area contributed by atoms with E-state index in [1.807, 2.05) is 0 Å². The Kier molecular flexibility index (Phi) is 7.90. The molecule has 0 radical (unpaired) electrons. The van der Waals surface area contributed by atoms with Crippen molar-refractivity contribution in [3.05, 3.63) is 211 Å². The van der Waals surface area contributed by atoms with Crippen molar-refractivity contribution in [3.8, 4) is 55.6 Å². The lowest BCUT2D eigenvalue weighted by Gasteiger charge is -2.29. The molecule has 1 aliphatic carbocycles. The average Bonchev–Trinajstić information content (AvgIpc) is 3.44. The summed E-state index contributed by atoms with van der Waals surface area (Å²) < 4.78 is 0. The number of rotatable bonds is 7. The Bertz CT molecular complexity index is 2510. The Balaban J connectivity index is 1.22. The quantitative estimate of drug-likeness (QED) is 0.164. The maximum absolute atomic E-state index is 2.42. The predicted molar refractivity (Wildman–Crippen MR) is 220 cm³/mol. The van der Waals surface area contributed by atoms with Crippen LogP contribution in [-0.4, -0.2) is 0 Å². The lowest BCUT2D eigenvalue weighted by atomic mass is 9.82. The summed E-state index contributed by atoms with van der Waals surface area (Å²) >= 11 is 0. The standard InChI is InChI=1S/C51H39N/c1-51(2)49-24-13-12-23-46(49)47-32-30-44(35-50(47)51)52(42-27-25-38(26-28-42)36-15-6-3-7-16-36)43-29-31-45(48(34-43)39-19-10-5-11-20-39)41-22-14-21-40(33-41)37-17-8-4-9-18-37/h3-35H,1-2H3. The first-order valence-electron chi connectivity index (χ1n) is 18.1. The van der Waals surface area contributed by atoms with Crippen molar-refractivity contribution in [3.63, 3.8) is 0 Å². The Morgan fingerprint density at radius 3 is 1.46 bits per heavy atom. The zero-order valence-electron chi connectivity index (χ0n) is 29.5. The van der Waals surface area contributed by atoms with Gasteiger partial charge in [0.25, 0.3) is 0 Å². The minimum Gasteiger partial charge on any atom is -0.310 e. The second-order valence-electron chi connectivity index (χ2n) is 14.2. The van der Waals surface area contributed by atoms with Gasteiger partial charge in [-0.05, 0) is 109 Å². The van der Waals surface area contributed by atoms with Gasteiger partial charge in [-0.1, -0.05) is 172 Å². The molecule has 1 nitrogen and oxygen atoms in total. The number of nitrogens with zero attached hydrogens (tertiary/aromatic N) is 1. The van der Waals surface area contributed by atoms with E-state index in [1.54, 1.807) is 0 Å². The number of anilines is 3. The summed E-state index contributed by atoms with van der Waals surface area (Å²) in [6.07, 6.45) is 0. The van der Waals surface area contributed by atoms with Gasteiger partial charge in [0, 0.05) is 22.5 Å². The third-order valence-electron chi connectivity index (χ3n) is 10.7. The van der Waals surface area contributed by atoms with E-state index in [9.17, 15) is 0 Å². The van der Waals surface area contributed by atoms with E-state index in [0.717, 1.165) is 17.1 Å². The topological polar surface area (TPSA) is 3.24 Å². The van der Waals surface area contributed by atoms with Gasteiger partial charge in [-0.15, -0.1) is 0 Å². The first kappa shape index (κ1) is 31.5. The number of fused-ring (bicyclic) bond motifs is 3. The summed E-state index contributed by atoms with van der Waals surface area (Å²) in [7, 11) is 0. The molecule has 1 heteroatoms. The number of benzene rings is 8. The van der Waals surface area contributed by atoms with Crippen LogP contribution in [0.2, 0.25) is 0 Å². The van der Waals surface area contributed by atoms with Gasteiger partial charge in [-0.2, -0.15) is 0 Å². The zero-order valence-corrected chi connectivity index (χ0v) is 29.5. The van der Waals surface area contributed by atoms with Gasteiger partial charge in [0.2, 0.25) is 0 Å². The molecule has 0 aromatic heterocycles. The molecule has 0 saturated heterocycles. The molecule has 1 aliphatic rings. The maximum Gasteiger partial charge on any atom is 0.0468 e. The molecule has 52 heavy (non-hydrogen) atoms. The summed E-state index contributed by atoms with van der Waals surface area (Å²) in [6, 6.07) is 72.8. The van der Waals surface area contributed by atoms with E-state index in [0.29, 0.717) is 0 Å².